The van der Waals surface area contributed by atoms with Crippen LogP contribution in [0.25, 0.3) is 45.0 Å². The lowest BCUT2D eigenvalue weighted by molar-refractivity contribution is 0.233. The summed E-state index contributed by atoms with van der Waals surface area (Å²) >= 11 is 0. The summed E-state index contributed by atoms with van der Waals surface area (Å²) in [6.07, 6.45) is 19.7. The minimum Gasteiger partial charge on any atom is -0.212 e. The van der Waals surface area contributed by atoms with Crippen molar-refractivity contribution in [1.82, 2.24) is 15.0 Å². The zero-order valence-corrected chi connectivity index (χ0v) is 32.8. The van der Waals surface area contributed by atoms with Gasteiger partial charge in [-0.15, -0.1) is 0 Å². The normalized spacial score (nSPS) is 22.1. The molecule has 1 spiro atoms. The van der Waals surface area contributed by atoms with E-state index in [9.17, 15) is 0 Å². The Morgan fingerprint density at radius 1 is 0.579 bits per heavy atom. The van der Waals surface area contributed by atoms with Crippen molar-refractivity contribution in [3.8, 4) is 33.9 Å². The first-order valence-electron chi connectivity index (χ1n) is 21.0. The van der Waals surface area contributed by atoms with Gasteiger partial charge in [-0.05, 0) is 80.8 Å². The molecule has 1 fully saturated rings. The molecule has 278 valence electrons. The molecular weight excluding hydrogens is 691 g/mol. The number of nitrogens with zero attached hydrogens (tertiary/aromatic N) is 3. The fourth-order valence-electron chi connectivity index (χ4n) is 11.1. The molecular formula is C54H47N3. The molecule has 3 unspecified atom stereocenters. The van der Waals surface area contributed by atoms with Crippen LogP contribution in [0.3, 0.4) is 0 Å². The zero-order valence-electron chi connectivity index (χ0n) is 32.8. The molecule has 1 aromatic heterocycles. The second-order valence-corrected chi connectivity index (χ2v) is 17.4. The molecule has 0 radical (unpaired) electrons. The van der Waals surface area contributed by atoms with Crippen molar-refractivity contribution in [2.45, 2.75) is 75.0 Å². The van der Waals surface area contributed by atoms with Crippen molar-refractivity contribution in [3.63, 3.8) is 0 Å². The second kappa shape index (κ2) is 13.3. The number of rotatable bonds is 5. The number of aromatic nitrogens is 3. The summed E-state index contributed by atoms with van der Waals surface area (Å²) in [7, 11) is 0. The summed E-state index contributed by atoms with van der Waals surface area (Å²) in [5, 5.41) is 0. The van der Waals surface area contributed by atoms with Crippen LogP contribution in [-0.2, 0) is 10.8 Å². The summed E-state index contributed by atoms with van der Waals surface area (Å²) in [5.41, 5.74) is 16.2. The molecule has 0 saturated heterocycles. The molecule has 11 rings (SSSR count). The van der Waals surface area contributed by atoms with Crippen LogP contribution in [0.15, 0.2) is 163 Å². The van der Waals surface area contributed by atoms with Gasteiger partial charge in [0, 0.05) is 33.8 Å². The first-order chi connectivity index (χ1) is 28.0. The Hall–Kier alpha value is -5.93. The van der Waals surface area contributed by atoms with E-state index in [-0.39, 0.29) is 16.7 Å². The maximum absolute atomic E-state index is 5.15. The van der Waals surface area contributed by atoms with Gasteiger partial charge in [-0.1, -0.05) is 191 Å². The van der Waals surface area contributed by atoms with E-state index in [1.807, 2.05) is 18.2 Å². The van der Waals surface area contributed by atoms with E-state index >= 15 is 0 Å². The predicted molar refractivity (Wildman–Crippen MR) is 234 cm³/mol. The van der Waals surface area contributed by atoms with E-state index in [4.69, 9.17) is 15.0 Å². The lowest BCUT2D eigenvalue weighted by Gasteiger charge is -2.42. The molecule has 5 aliphatic rings. The molecule has 3 atom stereocenters. The lowest BCUT2D eigenvalue weighted by atomic mass is 9.62. The van der Waals surface area contributed by atoms with Crippen LogP contribution in [0.5, 0.6) is 0 Å². The summed E-state index contributed by atoms with van der Waals surface area (Å²) < 4.78 is 0. The second-order valence-electron chi connectivity index (χ2n) is 17.4. The van der Waals surface area contributed by atoms with Gasteiger partial charge >= 0.3 is 0 Å². The maximum atomic E-state index is 5.15. The van der Waals surface area contributed by atoms with Crippen LogP contribution in [0.1, 0.15) is 97.8 Å². The molecule has 0 bridgehead atoms. The molecule has 57 heavy (non-hydrogen) atoms. The Morgan fingerprint density at radius 2 is 1.23 bits per heavy atom. The van der Waals surface area contributed by atoms with E-state index in [0.29, 0.717) is 23.5 Å². The van der Waals surface area contributed by atoms with Gasteiger partial charge in [0.2, 0.25) is 0 Å². The summed E-state index contributed by atoms with van der Waals surface area (Å²) in [6.45, 7) is 4.87. The summed E-state index contributed by atoms with van der Waals surface area (Å²) in [4.78, 5) is 15.3. The van der Waals surface area contributed by atoms with Crippen molar-refractivity contribution in [3.05, 3.63) is 197 Å². The molecule has 0 aliphatic heterocycles. The van der Waals surface area contributed by atoms with Crippen molar-refractivity contribution in [2.24, 2.45) is 5.92 Å². The highest BCUT2D eigenvalue weighted by Crippen LogP contribution is 2.64. The molecule has 1 heterocycles. The van der Waals surface area contributed by atoms with Crippen molar-refractivity contribution >= 4 is 11.1 Å². The van der Waals surface area contributed by atoms with Crippen LogP contribution in [0, 0.1) is 5.92 Å². The molecule has 1 saturated carbocycles. The SMILES string of the molecule is CC1(C)C2=CC3c4ccccc4C4(CCCCC4)C3C=C2c2c(-c3ccc(-c4nc(-c5ccccc5)nc(C5C=CC(c6ccccc6)=CC5)n4)cc3)cccc21. The Kier molecular flexibility index (Phi) is 8.03. The van der Waals surface area contributed by atoms with E-state index in [2.05, 4.69) is 153 Å². The largest absolute Gasteiger partial charge is 0.212 e. The predicted octanol–water partition coefficient (Wildman–Crippen LogP) is 13.2. The average Bonchev–Trinajstić information content (AvgIpc) is 3.67. The summed E-state index contributed by atoms with van der Waals surface area (Å²) in [5.74, 6) is 3.25. The third-order valence-electron chi connectivity index (χ3n) is 14.0. The first-order valence-corrected chi connectivity index (χ1v) is 21.0. The number of allylic oxidation sites excluding steroid dienone is 8. The zero-order chi connectivity index (χ0) is 38.1. The highest BCUT2D eigenvalue weighted by atomic mass is 15.0. The van der Waals surface area contributed by atoms with E-state index in [0.717, 1.165) is 23.4 Å². The molecule has 3 heteroatoms. The smallest absolute Gasteiger partial charge is 0.163 e. The Bertz CT molecular complexity index is 2650. The summed E-state index contributed by atoms with van der Waals surface area (Å²) in [6, 6.07) is 46.2. The van der Waals surface area contributed by atoms with Gasteiger partial charge in [-0.3, -0.25) is 0 Å². The fraction of sp³-hybridized carbons (Fsp3) is 0.241. The highest BCUT2D eigenvalue weighted by Gasteiger charge is 2.54. The number of benzene rings is 5. The highest BCUT2D eigenvalue weighted by molar-refractivity contribution is 5.98. The van der Waals surface area contributed by atoms with Gasteiger partial charge < -0.3 is 0 Å². The third kappa shape index (κ3) is 5.50. The molecule has 0 N–H and O–H groups in total. The fourth-order valence-corrected chi connectivity index (χ4v) is 11.1. The molecule has 5 aromatic carbocycles. The van der Waals surface area contributed by atoms with Gasteiger partial charge in [0.15, 0.2) is 11.6 Å². The number of hydrogen-bond acceptors (Lipinski definition) is 3. The van der Waals surface area contributed by atoms with Crippen LogP contribution in [0.2, 0.25) is 0 Å². The minimum absolute atomic E-state index is 0.0704. The molecule has 3 nitrogen and oxygen atoms in total. The third-order valence-corrected chi connectivity index (χ3v) is 14.0. The number of fused-ring (bicyclic) bond motifs is 8. The monoisotopic (exact) mass is 737 g/mol. The van der Waals surface area contributed by atoms with Crippen molar-refractivity contribution in [1.29, 1.82) is 0 Å². The van der Waals surface area contributed by atoms with Crippen molar-refractivity contribution in [2.75, 3.05) is 0 Å². The van der Waals surface area contributed by atoms with Crippen LogP contribution in [-0.4, -0.2) is 15.0 Å². The Morgan fingerprint density at radius 3 is 1.95 bits per heavy atom. The quantitative estimate of drug-likeness (QED) is 0.177. The van der Waals surface area contributed by atoms with Crippen LogP contribution < -0.4 is 0 Å². The first kappa shape index (κ1) is 34.3. The van der Waals surface area contributed by atoms with Gasteiger partial charge in [0.25, 0.3) is 0 Å². The van der Waals surface area contributed by atoms with E-state index in [1.54, 1.807) is 11.1 Å². The van der Waals surface area contributed by atoms with Crippen LogP contribution in [0.4, 0.5) is 0 Å². The van der Waals surface area contributed by atoms with Crippen molar-refractivity contribution < 1.29 is 0 Å². The molecule has 0 amide bonds. The Labute approximate surface area is 336 Å². The minimum atomic E-state index is -0.0704. The molecule has 5 aliphatic carbocycles. The van der Waals surface area contributed by atoms with E-state index in [1.165, 1.54) is 76.6 Å². The van der Waals surface area contributed by atoms with Crippen LogP contribution >= 0.6 is 0 Å². The van der Waals surface area contributed by atoms with Gasteiger partial charge in [0.1, 0.15) is 5.82 Å². The van der Waals surface area contributed by atoms with Gasteiger partial charge in [-0.2, -0.15) is 0 Å². The Balaban J connectivity index is 0.966. The maximum Gasteiger partial charge on any atom is 0.163 e. The van der Waals surface area contributed by atoms with Gasteiger partial charge in [0.05, 0.1) is 0 Å². The van der Waals surface area contributed by atoms with Gasteiger partial charge in [-0.25, -0.2) is 15.0 Å². The average molecular weight is 738 g/mol. The molecule has 6 aromatic rings. The van der Waals surface area contributed by atoms with E-state index < -0.39 is 0 Å². The standard InChI is InChI=1S/C54H47N3/c1-53(2)46-22-14-20-41(49(46)44-34-48-43(33-47(44)53)42-19-10-11-21-45(42)54(48)31-12-5-13-32-54)37-25-29-40(30-26-37)52-56-50(38-17-8-4-9-18-38)55-51(57-52)39-27-23-36(24-28-39)35-15-6-3-7-16-35/h3-4,6-11,14-27,29-30,33-34,39,43,48H,5,12-13,28,31-32H2,1-2H3. The number of hydrogen-bond donors (Lipinski definition) is 0. The lowest BCUT2D eigenvalue weighted by Crippen LogP contribution is -2.35. The topological polar surface area (TPSA) is 38.7 Å².